The average molecular weight is 168 g/mol. The first-order valence-corrected chi connectivity index (χ1v) is 3.84. The fraction of sp³-hybridized carbons (Fsp3) is 0.667. The predicted molar refractivity (Wildman–Crippen MR) is 32.9 cm³/mol. The van der Waals surface area contributed by atoms with E-state index in [-0.39, 0.29) is 13.0 Å². The fourth-order valence-corrected chi connectivity index (χ4v) is 0.574. The molecule has 0 atom stereocenters. The van der Waals surface area contributed by atoms with Crippen molar-refractivity contribution in [2.45, 2.75) is 6.42 Å². The van der Waals surface area contributed by atoms with E-state index < -0.39 is 16.2 Å². The molecule has 0 bridgehead atoms. The van der Waals surface area contributed by atoms with Crippen LogP contribution in [0.3, 0.4) is 0 Å². The molecule has 10 heavy (non-hydrogen) atoms. The second-order valence-corrected chi connectivity index (χ2v) is 2.75. The van der Waals surface area contributed by atoms with Gasteiger partial charge in [0.15, 0.2) is 0 Å². The molecule has 0 saturated heterocycles. The van der Waals surface area contributed by atoms with Crippen molar-refractivity contribution < 1.29 is 17.4 Å². The topological polar surface area (TPSA) is 112 Å². The quantitative estimate of drug-likeness (QED) is 0.509. The zero-order valence-corrected chi connectivity index (χ0v) is 5.93. The maximum atomic E-state index is 10.0. The third-order valence-corrected chi connectivity index (χ3v) is 1.09. The Morgan fingerprint density at radius 1 is 1.50 bits per heavy atom. The number of carbonyl (C=O) groups is 1. The molecular weight excluding hydrogens is 160 g/mol. The summed E-state index contributed by atoms with van der Waals surface area (Å²) in [6.45, 7) is -0.297. The van der Waals surface area contributed by atoms with E-state index >= 15 is 0 Å². The Morgan fingerprint density at radius 2 is 2.00 bits per heavy atom. The van der Waals surface area contributed by atoms with E-state index in [2.05, 4.69) is 15.1 Å². The Labute approximate surface area is 58.4 Å². The van der Waals surface area contributed by atoms with Gasteiger partial charge < -0.3 is 5.73 Å². The Morgan fingerprint density at radius 3 is 2.30 bits per heavy atom. The van der Waals surface area contributed by atoms with Crippen molar-refractivity contribution in [3.63, 3.8) is 0 Å². The summed E-state index contributed by atoms with van der Waals surface area (Å²) < 4.78 is 24.0. The van der Waals surface area contributed by atoms with Gasteiger partial charge in [0.2, 0.25) is 5.91 Å². The van der Waals surface area contributed by atoms with Crippen molar-refractivity contribution >= 4 is 16.2 Å². The van der Waals surface area contributed by atoms with Gasteiger partial charge in [0, 0.05) is 0 Å². The summed E-state index contributed by atoms with van der Waals surface area (Å²) in [5.74, 6) is -0.636. The van der Waals surface area contributed by atoms with E-state index in [1.807, 2.05) is 0 Å². The largest absolute Gasteiger partial charge is 0.370 e. The van der Waals surface area contributed by atoms with E-state index in [0.717, 1.165) is 0 Å². The fourth-order valence-electron chi connectivity index (χ4n) is 0.258. The molecular formula is C3H8N2O4S. The zero-order chi connectivity index (χ0) is 8.20. The Balaban J connectivity index is 3.49. The molecule has 6 nitrogen and oxygen atoms in total. The molecule has 0 rings (SSSR count). The van der Waals surface area contributed by atoms with Gasteiger partial charge in [0.25, 0.3) is 0 Å². The molecule has 0 fully saturated rings. The highest BCUT2D eigenvalue weighted by Crippen LogP contribution is 1.84. The highest BCUT2D eigenvalue weighted by Gasteiger charge is 2.02. The standard InChI is InChI=1S/C3H8N2O4S/c4-3(6)1-2-9-10(5,7)8/h1-2H2,(H2,4,6)(H2,5,7,8). The van der Waals surface area contributed by atoms with Gasteiger partial charge in [-0.25, -0.2) is 5.14 Å². The van der Waals surface area contributed by atoms with Crippen LogP contribution in [0.2, 0.25) is 0 Å². The van der Waals surface area contributed by atoms with Crippen LogP contribution in [0.5, 0.6) is 0 Å². The molecule has 0 aliphatic carbocycles. The number of nitrogens with two attached hydrogens (primary N) is 2. The van der Waals surface area contributed by atoms with Crippen molar-refractivity contribution in [2.75, 3.05) is 6.61 Å². The minimum atomic E-state index is -3.93. The number of primary amides is 1. The Kier molecular flexibility index (Phi) is 3.26. The lowest BCUT2D eigenvalue weighted by molar-refractivity contribution is -0.118. The zero-order valence-electron chi connectivity index (χ0n) is 5.11. The second-order valence-electron chi connectivity index (χ2n) is 1.53. The summed E-state index contributed by atoms with van der Waals surface area (Å²) in [7, 11) is -3.93. The molecule has 4 N–H and O–H groups in total. The maximum absolute atomic E-state index is 10.0. The Hall–Kier alpha value is -0.660. The van der Waals surface area contributed by atoms with Crippen molar-refractivity contribution in [3.05, 3.63) is 0 Å². The predicted octanol–water partition coefficient (Wildman–Crippen LogP) is -1.92. The normalized spacial score (nSPS) is 11.3. The molecule has 0 aromatic heterocycles. The third-order valence-electron chi connectivity index (χ3n) is 0.596. The molecule has 0 aliphatic heterocycles. The number of hydrogen-bond acceptors (Lipinski definition) is 4. The molecule has 0 aromatic carbocycles. The van der Waals surface area contributed by atoms with Gasteiger partial charge in [-0.3, -0.25) is 8.98 Å². The van der Waals surface area contributed by atoms with Crippen LogP contribution in [-0.4, -0.2) is 20.9 Å². The lowest BCUT2D eigenvalue weighted by Gasteiger charge is -1.95. The van der Waals surface area contributed by atoms with Crippen molar-refractivity contribution in [1.82, 2.24) is 0 Å². The molecule has 0 aliphatic rings. The highest BCUT2D eigenvalue weighted by atomic mass is 32.2. The van der Waals surface area contributed by atoms with Crippen molar-refractivity contribution in [2.24, 2.45) is 10.9 Å². The van der Waals surface area contributed by atoms with E-state index in [0.29, 0.717) is 0 Å². The first-order chi connectivity index (χ1) is 4.42. The van der Waals surface area contributed by atoms with Gasteiger partial charge >= 0.3 is 10.3 Å². The molecule has 7 heteroatoms. The minimum Gasteiger partial charge on any atom is -0.370 e. The number of amides is 1. The molecule has 0 heterocycles. The summed E-state index contributed by atoms with van der Waals surface area (Å²) in [6, 6.07) is 0. The monoisotopic (exact) mass is 168 g/mol. The SMILES string of the molecule is NC(=O)CCOS(N)(=O)=O. The van der Waals surface area contributed by atoms with Crippen LogP contribution < -0.4 is 10.9 Å². The Bertz CT molecular complexity index is 209. The third kappa shape index (κ3) is 7.34. The summed E-state index contributed by atoms with van der Waals surface area (Å²) in [4.78, 5) is 9.99. The minimum absolute atomic E-state index is 0.156. The molecule has 1 amide bonds. The van der Waals surface area contributed by atoms with Crippen molar-refractivity contribution in [3.8, 4) is 0 Å². The number of carbonyl (C=O) groups excluding carboxylic acids is 1. The van der Waals surface area contributed by atoms with E-state index in [1.54, 1.807) is 0 Å². The molecule has 0 saturated carbocycles. The molecule has 0 radical (unpaired) electrons. The first kappa shape index (κ1) is 9.34. The lowest BCUT2D eigenvalue weighted by atomic mass is 10.4. The van der Waals surface area contributed by atoms with Crippen LogP contribution in [0.15, 0.2) is 0 Å². The van der Waals surface area contributed by atoms with Gasteiger partial charge in [-0.15, -0.1) is 0 Å². The summed E-state index contributed by atoms with van der Waals surface area (Å²) in [5.41, 5.74) is 4.67. The highest BCUT2D eigenvalue weighted by molar-refractivity contribution is 7.84. The van der Waals surface area contributed by atoms with E-state index in [9.17, 15) is 13.2 Å². The maximum Gasteiger partial charge on any atom is 0.333 e. The van der Waals surface area contributed by atoms with Crippen LogP contribution in [0.25, 0.3) is 0 Å². The van der Waals surface area contributed by atoms with Crippen molar-refractivity contribution in [1.29, 1.82) is 0 Å². The van der Waals surface area contributed by atoms with E-state index in [1.165, 1.54) is 0 Å². The van der Waals surface area contributed by atoms with Gasteiger partial charge in [-0.1, -0.05) is 0 Å². The first-order valence-electron chi connectivity index (χ1n) is 2.37. The van der Waals surface area contributed by atoms with Gasteiger partial charge in [-0.2, -0.15) is 8.42 Å². The van der Waals surface area contributed by atoms with Gasteiger partial charge in [0.1, 0.15) is 0 Å². The smallest absolute Gasteiger partial charge is 0.333 e. The van der Waals surface area contributed by atoms with Crippen LogP contribution in [-0.2, 0) is 19.3 Å². The summed E-state index contributed by atoms with van der Waals surface area (Å²) in [5, 5.41) is 4.42. The molecule has 0 spiro atoms. The molecule has 0 unspecified atom stereocenters. The van der Waals surface area contributed by atoms with Gasteiger partial charge in [0.05, 0.1) is 13.0 Å². The summed E-state index contributed by atoms with van der Waals surface area (Å²) in [6.07, 6.45) is -0.156. The molecule has 60 valence electrons. The molecule has 0 aromatic rings. The van der Waals surface area contributed by atoms with Crippen LogP contribution in [0, 0.1) is 0 Å². The average Bonchev–Trinajstić information content (AvgIpc) is 1.59. The number of rotatable bonds is 4. The lowest BCUT2D eigenvalue weighted by Crippen LogP contribution is -2.20. The summed E-state index contributed by atoms with van der Waals surface area (Å²) >= 11 is 0. The van der Waals surface area contributed by atoms with Gasteiger partial charge in [-0.05, 0) is 0 Å². The van der Waals surface area contributed by atoms with Crippen LogP contribution in [0.1, 0.15) is 6.42 Å². The van der Waals surface area contributed by atoms with Crippen LogP contribution >= 0.6 is 0 Å². The second kappa shape index (κ2) is 3.49. The number of hydrogen-bond donors (Lipinski definition) is 2. The van der Waals surface area contributed by atoms with Crippen LogP contribution in [0.4, 0.5) is 0 Å². The van der Waals surface area contributed by atoms with E-state index in [4.69, 9.17) is 0 Å².